The molecule has 21 heavy (non-hydrogen) atoms. The van der Waals surface area contributed by atoms with Gasteiger partial charge in [0.25, 0.3) is 5.69 Å². The smallest absolute Gasteiger partial charge is 0.354 e. The lowest BCUT2D eigenvalue weighted by Gasteiger charge is -2.10. The molecule has 0 fully saturated rings. The van der Waals surface area contributed by atoms with Gasteiger partial charge >= 0.3 is 5.97 Å². The Hall–Kier alpha value is -2.96. The van der Waals surface area contributed by atoms with Crippen LogP contribution in [0.25, 0.3) is 0 Å². The molecule has 1 aromatic heterocycles. The van der Waals surface area contributed by atoms with Crippen LogP contribution in [-0.2, 0) is 0 Å². The SMILES string of the molecule is Cc1cc([N+](=O)[O-])c(C)cc1Oc1ccnc(C(=O)O)c1. The third-order valence-corrected chi connectivity index (χ3v) is 2.87. The monoisotopic (exact) mass is 288 g/mol. The summed E-state index contributed by atoms with van der Waals surface area (Å²) >= 11 is 0. The van der Waals surface area contributed by atoms with Crippen molar-refractivity contribution in [2.24, 2.45) is 0 Å². The van der Waals surface area contributed by atoms with Crippen LogP contribution in [0.3, 0.4) is 0 Å². The summed E-state index contributed by atoms with van der Waals surface area (Å²) in [5, 5.41) is 19.7. The summed E-state index contributed by atoms with van der Waals surface area (Å²) in [6.07, 6.45) is 1.33. The Kier molecular flexibility index (Phi) is 3.84. The number of aromatic carboxylic acids is 1. The number of carboxylic acids is 1. The highest BCUT2D eigenvalue weighted by Crippen LogP contribution is 2.31. The summed E-state index contributed by atoms with van der Waals surface area (Å²) in [5.41, 5.74) is 0.929. The van der Waals surface area contributed by atoms with E-state index in [1.165, 1.54) is 24.4 Å². The van der Waals surface area contributed by atoms with Gasteiger partial charge in [0, 0.05) is 23.9 Å². The van der Waals surface area contributed by atoms with E-state index in [1.54, 1.807) is 19.9 Å². The van der Waals surface area contributed by atoms with Crippen LogP contribution in [0.5, 0.6) is 11.5 Å². The number of ether oxygens (including phenoxy) is 1. The maximum absolute atomic E-state index is 10.9. The van der Waals surface area contributed by atoms with E-state index < -0.39 is 10.9 Å². The lowest BCUT2D eigenvalue weighted by molar-refractivity contribution is -0.385. The van der Waals surface area contributed by atoms with Crippen molar-refractivity contribution in [1.29, 1.82) is 0 Å². The minimum absolute atomic E-state index is 0.0146. The number of nitro benzene ring substituents is 1. The molecule has 0 spiro atoms. The lowest BCUT2D eigenvalue weighted by Crippen LogP contribution is -2.00. The van der Waals surface area contributed by atoms with E-state index in [-0.39, 0.29) is 11.4 Å². The van der Waals surface area contributed by atoms with Crippen LogP contribution in [0.1, 0.15) is 21.6 Å². The van der Waals surface area contributed by atoms with Gasteiger partial charge in [0.2, 0.25) is 0 Å². The zero-order valence-corrected chi connectivity index (χ0v) is 11.4. The highest BCUT2D eigenvalue weighted by Gasteiger charge is 2.15. The number of rotatable bonds is 4. The van der Waals surface area contributed by atoms with E-state index in [0.717, 1.165) is 0 Å². The van der Waals surface area contributed by atoms with Gasteiger partial charge in [-0.25, -0.2) is 9.78 Å². The van der Waals surface area contributed by atoms with Crippen LogP contribution in [0.15, 0.2) is 30.5 Å². The molecule has 0 bridgehead atoms. The fourth-order valence-corrected chi connectivity index (χ4v) is 1.80. The molecule has 0 saturated carbocycles. The molecule has 2 rings (SSSR count). The van der Waals surface area contributed by atoms with Gasteiger partial charge in [-0.05, 0) is 31.5 Å². The first kappa shape index (κ1) is 14.4. The number of aryl methyl sites for hydroxylation is 2. The normalized spacial score (nSPS) is 10.2. The zero-order valence-electron chi connectivity index (χ0n) is 11.4. The van der Waals surface area contributed by atoms with E-state index in [1.807, 2.05) is 0 Å². The quantitative estimate of drug-likeness (QED) is 0.685. The lowest BCUT2D eigenvalue weighted by atomic mass is 10.1. The summed E-state index contributed by atoms with van der Waals surface area (Å²) in [7, 11) is 0. The van der Waals surface area contributed by atoms with Crippen molar-refractivity contribution < 1.29 is 19.6 Å². The molecule has 0 radical (unpaired) electrons. The number of aromatic nitrogens is 1. The van der Waals surface area contributed by atoms with Gasteiger partial charge in [0.1, 0.15) is 11.5 Å². The van der Waals surface area contributed by atoms with Crippen molar-refractivity contribution in [2.45, 2.75) is 13.8 Å². The first-order chi connectivity index (χ1) is 9.88. The Morgan fingerprint density at radius 3 is 2.62 bits per heavy atom. The van der Waals surface area contributed by atoms with Gasteiger partial charge in [0.05, 0.1) is 4.92 Å². The minimum Gasteiger partial charge on any atom is -0.477 e. The fraction of sp³-hybridized carbons (Fsp3) is 0.143. The molecule has 0 saturated heterocycles. The van der Waals surface area contributed by atoms with Gasteiger partial charge in [-0.3, -0.25) is 10.1 Å². The first-order valence-corrected chi connectivity index (χ1v) is 6.01. The molecule has 1 heterocycles. The number of carbonyl (C=O) groups is 1. The molecule has 2 aromatic rings. The van der Waals surface area contributed by atoms with E-state index in [0.29, 0.717) is 22.6 Å². The van der Waals surface area contributed by atoms with Crippen molar-refractivity contribution in [2.75, 3.05) is 0 Å². The minimum atomic E-state index is -1.16. The third-order valence-electron chi connectivity index (χ3n) is 2.87. The highest BCUT2D eigenvalue weighted by molar-refractivity contribution is 5.85. The summed E-state index contributed by atoms with van der Waals surface area (Å²) in [6.45, 7) is 3.29. The van der Waals surface area contributed by atoms with E-state index in [9.17, 15) is 14.9 Å². The fourth-order valence-electron chi connectivity index (χ4n) is 1.80. The van der Waals surface area contributed by atoms with Crippen molar-refractivity contribution in [3.63, 3.8) is 0 Å². The number of nitro groups is 1. The maximum atomic E-state index is 10.9. The Labute approximate surface area is 120 Å². The second kappa shape index (κ2) is 5.58. The van der Waals surface area contributed by atoms with Gasteiger partial charge in [-0.2, -0.15) is 0 Å². The van der Waals surface area contributed by atoms with Crippen LogP contribution in [-0.4, -0.2) is 21.0 Å². The number of benzene rings is 1. The number of pyridine rings is 1. The predicted molar refractivity (Wildman–Crippen MR) is 73.8 cm³/mol. The molecule has 0 unspecified atom stereocenters. The molecular weight excluding hydrogens is 276 g/mol. The second-order valence-electron chi connectivity index (χ2n) is 4.45. The molecular formula is C14H12N2O5. The summed E-state index contributed by atoms with van der Waals surface area (Å²) < 4.78 is 5.59. The number of hydrogen-bond donors (Lipinski definition) is 1. The van der Waals surface area contributed by atoms with Crippen molar-refractivity contribution in [3.8, 4) is 11.5 Å². The van der Waals surface area contributed by atoms with E-state index in [4.69, 9.17) is 9.84 Å². The van der Waals surface area contributed by atoms with Crippen LogP contribution in [0.4, 0.5) is 5.69 Å². The highest BCUT2D eigenvalue weighted by atomic mass is 16.6. The maximum Gasteiger partial charge on any atom is 0.354 e. The topological polar surface area (TPSA) is 103 Å². The molecule has 0 atom stereocenters. The molecule has 7 nitrogen and oxygen atoms in total. The molecule has 108 valence electrons. The summed E-state index contributed by atoms with van der Waals surface area (Å²) in [4.78, 5) is 24.9. The average Bonchev–Trinajstić information content (AvgIpc) is 2.42. The van der Waals surface area contributed by atoms with Crippen LogP contribution >= 0.6 is 0 Å². The van der Waals surface area contributed by atoms with Gasteiger partial charge < -0.3 is 9.84 Å². The van der Waals surface area contributed by atoms with E-state index >= 15 is 0 Å². The Morgan fingerprint density at radius 1 is 1.29 bits per heavy atom. The van der Waals surface area contributed by atoms with Crippen molar-refractivity contribution in [3.05, 3.63) is 57.4 Å². The van der Waals surface area contributed by atoms with Crippen LogP contribution < -0.4 is 4.74 Å². The molecule has 7 heteroatoms. The first-order valence-electron chi connectivity index (χ1n) is 6.01. The Bertz CT molecular complexity index is 727. The number of hydrogen-bond acceptors (Lipinski definition) is 5. The average molecular weight is 288 g/mol. The molecule has 0 aliphatic carbocycles. The van der Waals surface area contributed by atoms with Gasteiger partial charge in [-0.15, -0.1) is 0 Å². The van der Waals surface area contributed by atoms with E-state index in [2.05, 4.69) is 4.98 Å². The van der Waals surface area contributed by atoms with Crippen LogP contribution in [0.2, 0.25) is 0 Å². The Morgan fingerprint density at radius 2 is 2.00 bits per heavy atom. The second-order valence-corrected chi connectivity index (χ2v) is 4.45. The van der Waals surface area contributed by atoms with Crippen LogP contribution in [0, 0.1) is 24.0 Å². The number of nitrogens with zero attached hydrogens (tertiary/aromatic N) is 2. The standard InChI is InChI=1S/C14H12N2O5/c1-8-6-13(9(2)5-12(8)16(19)20)21-10-3-4-15-11(7-10)14(17)18/h3-7H,1-2H3,(H,17,18). The molecule has 0 aliphatic rings. The molecule has 0 amide bonds. The van der Waals surface area contributed by atoms with Crippen molar-refractivity contribution in [1.82, 2.24) is 4.98 Å². The zero-order chi connectivity index (χ0) is 15.6. The molecule has 0 aliphatic heterocycles. The van der Waals surface area contributed by atoms with Gasteiger partial charge in [0.15, 0.2) is 5.69 Å². The largest absolute Gasteiger partial charge is 0.477 e. The van der Waals surface area contributed by atoms with Gasteiger partial charge in [-0.1, -0.05) is 0 Å². The molecule has 1 N–H and O–H groups in total. The number of carboxylic acid groups (broad SMARTS) is 1. The summed E-state index contributed by atoms with van der Waals surface area (Å²) in [5.74, 6) is -0.420. The van der Waals surface area contributed by atoms with Crippen molar-refractivity contribution >= 4 is 11.7 Å². The predicted octanol–water partition coefficient (Wildman–Crippen LogP) is 3.10. The third kappa shape index (κ3) is 3.14. The molecule has 1 aromatic carbocycles. The summed E-state index contributed by atoms with van der Waals surface area (Å²) in [6, 6.07) is 5.78. The Balaban J connectivity index is 2.36.